The second-order valence-electron chi connectivity index (χ2n) is 4.25. The van der Waals surface area contributed by atoms with Gasteiger partial charge in [-0.05, 0) is 18.7 Å². The average Bonchev–Trinajstić information content (AvgIpc) is 2.89. The summed E-state index contributed by atoms with van der Waals surface area (Å²) in [5.74, 6) is 0. The largest absolute Gasteiger partial charge is 0.305 e. The molecule has 0 radical (unpaired) electrons. The topological polar surface area (TPSA) is 55.1 Å². The van der Waals surface area contributed by atoms with Crippen molar-refractivity contribution in [3.05, 3.63) is 60.4 Å². The monoisotopic (exact) mass is 253 g/mol. The molecular formula is C14H15N5. The van der Waals surface area contributed by atoms with Crippen LogP contribution in [0.25, 0.3) is 5.52 Å². The van der Waals surface area contributed by atoms with E-state index in [2.05, 4.69) is 33.4 Å². The molecule has 0 aliphatic carbocycles. The summed E-state index contributed by atoms with van der Waals surface area (Å²) in [5, 5.41) is 7.81. The highest BCUT2D eigenvalue weighted by molar-refractivity contribution is 5.56. The van der Waals surface area contributed by atoms with Gasteiger partial charge < -0.3 is 5.32 Å². The number of nitrogens with zero attached hydrogens (tertiary/aromatic N) is 4. The first-order chi connectivity index (χ1) is 9.40. The van der Waals surface area contributed by atoms with E-state index in [0.29, 0.717) is 0 Å². The lowest BCUT2D eigenvalue weighted by Crippen LogP contribution is -2.22. The summed E-state index contributed by atoms with van der Waals surface area (Å²) in [6.07, 6.45) is 9.02. The van der Waals surface area contributed by atoms with Crippen LogP contribution in [0.3, 0.4) is 0 Å². The third-order valence-corrected chi connectivity index (χ3v) is 3.05. The third kappa shape index (κ3) is 2.20. The van der Waals surface area contributed by atoms with Gasteiger partial charge in [0.05, 0.1) is 29.6 Å². The van der Waals surface area contributed by atoms with Crippen molar-refractivity contribution in [2.24, 2.45) is 0 Å². The number of hydrogen-bond acceptors (Lipinski definition) is 4. The highest BCUT2D eigenvalue weighted by Gasteiger charge is 2.18. The minimum atomic E-state index is 0.0126. The van der Waals surface area contributed by atoms with Crippen LogP contribution in [-0.2, 0) is 0 Å². The van der Waals surface area contributed by atoms with Gasteiger partial charge in [-0.3, -0.25) is 9.97 Å². The maximum atomic E-state index is 4.40. The average molecular weight is 253 g/mol. The Balaban J connectivity index is 2.10. The molecule has 0 bridgehead atoms. The van der Waals surface area contributed by atoms with E-state index < -0.39 is 0 Å². The fourth-order valence-corrected chi connectivity index (χ4v) is 2.21. The SMILES string of the molecule is CCNC(c1cnccn1)c1cnn2ccccc12. The fourth-order valence-electron chi connectivity index (χ4n) is 2.21. The first kappa shape index (κ1) is 11.8. The van der Waals surface area contributed by atoms with Crippen LogP contribution in [0.1, 0.15) is 24.2 Å². The Hall–Kier alpha value is -2.27. The van der Waals surface area contributed by atoms with Crippen molar-refractivity contribution in [2.75, 3.05) is 6.54 Å². The molecule has 0 amide bonds. The maximum Gasteiger partial charge on any atom is 0.0804 e. The lowest BCUT2D eigenvalue weighted by Gasteiger charge is -2.15. The zero-order valence-electron chi connectivity index (χ0n) is 10.7. The highest BCUT2D eigenvalue weighted by atomic mass is 15.2. The van der Waals surface area contributed by atoms with Crippen molar-refractivity contribution in [1.82, 2.24) is 24.9 Å². The molecule has 0 aliphatic rings. The van der Waals surface area contributed by atoms with Crippen LogP contribution in [0.2, 0.25) is 0 Å². The van der Waals surface area contributed by atoms with E-state index in [4.69, 9.17) is 0 Å². The summed E-state index contributed by atoms with van der Waals surface area (Å²) < 4.78 is 1.87. The standard InChI is InChI=1S/C14H15N5/c1-2-16-14(12-10-15-6-7-17-12)11-9-18-19-8-4-3-5-13(11)19/h3-10,14,16H,2H2,1H3. The number of nitrogens with one attached hydrogen (secondary N) is 1. The molecule has 3 rings (SSSR count). The van der Waals surface area contributed by atoms with Crippen LogP contribution < -0.4 is 5.32 Å². The highest BCUT2D eigenvalue weighted by Crippen LogP contribution is 2.23. The summed E-state index contributed by atoms with van der Waals surface area (Å²) in [6.45, 7) is 2.93. The van der Waals surface area contributed by atoms with Gasteiger partial charge in [0.1, 0.15) is 0 Å². The lowest BCUT2D eigenvalue weighted by atomic mass is 10.1. The molecule has 1 atom stereocenters. The first-order valence-electron chi connectivity index (χ1n) is 6.31. The third-order valence-electron chi connectivity index (χ3n) is 3.05. The molecule has 0 fully saturated rings. The quantitative estimate of drug-likeness (QED) is 0.770. The molecule has 0 saturated carbocycles. The molecular weight excluding hydrogens is 238 g/mol. The molecule has 0 spiro atoms. The zero-order chi connectivity index (χ0) is 13.1. The van der Waals surface area contributed by atoms with Crippen LogP contribution in [0.5, 0.6) is 0 Å². The normalized spacial score (nSPS) is 12.7. The molecule has 0 aliphatic heterocycles. The van der Waals surface area contributed by atoms with E-state index in [-0.39, 0.29) is 6.04 Å². The summed E-state index contributed by atoms with van der Waals surface area (Å²) in [4.78, 5) is 8.55. The summed E-state index contributed by atoms with van der Waals surface area (Å²) in [5.41, 5.74) is 3.10. The van der Waals surface area contributed by atoms with E-state index >= 15 is 0 Å². The smallest absolute Gasteiger partial charge is 0.0804 e. The van der Waals surface area contributed by atoms with Gasteiger partial charge in [0.2, 0.25) is 0 Å². The molecule has 0 aromatic carbocycles. The molecule has 1 N–H and O–H groups in total. The van der Waals surface area contributed by atoms with E-state index in [9.17, 15) is 0 Å². The van der Waals surface area contributed by atoms with Crippen LogP contribution in [0, 0.1) is 0 Å². The molecule has 5 nitrogen and oxygen atoms in total. The second-order valence-corrected chi connectivity index (χ2v) is 4.25. The fraction of sp³-hybridized carbons (Fsp3) is 0.214. The summed E-state index contributed by atoms with van der Waals surface area (Å²) in [7, 11) is 0. The van der Waals surface area contributed by atoms with Gasteiger partial charge in [0.25, 0.3) is 0 Å². The van der Waals surface area contributed by atoms with Crippen molar-refractivity contribution in [2.45, 2.75) is 13.0 Å². The van der Waals surface area contributed by atoms with E-state index in [1.54, 1.807) is 18.6 Å². The summed E-state index contributed by atoms with van der Waals surface area (Å²) >= 11 is 0. The molecule has 3 heterocycles. The van der Waals surface area contributed by atoms with Crippen molar-refractivity contribution in [3.8, 4) is 0 Å². The van der Waals surface area contributed by atoms with Crippen molar-refractivity contribution in [3.63, 3.8) is 0 Å². The van der Waals surface area contributed by atoms with Crippen LogP contribution in [0.15, 0.2) is 49.2 Å². The maximum absolute atomic E-state index is 4.40. The van der Waals surface area contributed by atoms with Crippen molar-refractivity contribution in [1.29, 1.82) is 0 Å². The van der Waals surface area contributed by atoms with Gasteiger partial charge in [-0.15, -0.1) is 0 Å². The Morgan fingerprint density at radius 2 is 2.21 bits per heavy atom. The number of fused-ring (bicyclic) bond motifs is 1. The Bertz CT molecular complexity index is 662. The van der Waals surface area contributed by atoms with E-state index in [1.165, 1.54) is 0 Å². The Labute approximate surface area is 111 Å². The Morgan fingerprint density at radius 1 is 1.26 bits per heavy atom. The van der Waals surface area contributed by atoms with Gasteiger partial charge in [0, 0.05) is 24.2 Å². The summed E-state index contributed by atoms with van der Waals surface area (Å²) in [6, 6.07) is 6.05. The van der Waals surface area contributed by atoms with Crippen molar-refractivity contribution >= 4 is 5.52 Å². The zero-order valence-corrected chi connectivity index (χ0v) is 10.7. The lowest BCUT2D eigenvalue weighted by molar-refractivity contribution is 0.616. The van der Waals surface area contributed by atoms with Gasteiger partial charge in [-0.2, -0.15) is 5.10 Å². The van der Waals surface area contributed by atoms with Crippen LogP contribution >= 0.6 is 0 Å². The molecule has 0 saturated heterocycles. The molecule has 19 heavy (non-hydrogen) atoms. The number of pyridine rings is 1. The Morgan fingerprint density at radius 3 is 3.00 bits per heavy atom. The molecule has 3 aromatic heterocycles. The van der Waals surface area contributed by atoms with Crippen LogP contribution in [-0.4, -0.2) is 26.1 Å². The molecule has 5 heteroatoms. The van der Waals surface area contributed by atoms with Crippen molar-refractivity contribution < 1.29 is 0 Å². The van der Waals surface area contributed by atoms with E-state index in [1.807, 2.05) is 29.0 Å². The van der Waals surface area contributed by atoms with Gasteiger partial charge in [-0.1, -0.05) is 13.0 Å². The van der Waals surface area contributed by atoms with Gasteiger partial charge in [0.15, 0.2) is 0 Å². The van der Waals surface area contributed by atoms with E-state index in [0.717, 1.165) is 23.3 Å². The number of hydrogen-bond donors (Lipinski definition) is 1. The van der Waals surface area contributed by atoms with Gasteiger partial charge >= 0.3 is 0 Å². The first-order valence-corrected chi connectivity index (χ1v) is 6.31. The second kappa shape index (κ2) is 5.16. The number of aromatic nitrogens is 4. The predicted octanol–water partition coefficient (Wildman–Crippen LogP) is 1.82. The molecule has 3 aromatic rings. The molecule has 96 valence electrons. The minimum Gasteiger partial charge on any atom is -0.305 e. The Kier molecular flexibility index (Phi) is 3.20. The predicted molar refractivity (Wildman–Crippen MR) is 72.7 cm³/mol. The van der Waals surface area contributed by atoms with Gasteiger partial charge in [-0.25, -0.2) is 4.52 Å². The minimum absolute atomic E-state index is 0.0126. The van der Waals surface area contributed by atoms with Crippen LogP contribution in [0.4, 0.5) is 0 Å². The number of rotatable bonds is 4. The molecule has 1 unspecified atom stereocenters.